The van der Waals surface area contributed by atoms with Crippen LogP contribution >= 0.6 is 23.4 Å². The summed E-state index contributed by atoms with van der Waals surface area (Å²) in [6.07, 6.45) is 0.955. The second kappa shape index (κ2) is 6.12. The van der Waals surface area contributed by atoms with E-state index in [0.29, 0.717) is 0 Å². The third-order valence-electron chi connectivity index (χ3n) is 3.35. The van der Waals surface area contributed by atoms with Gasteiger partial charge in [-0.15, -0.1) is 11.8 Å². The lowest BCUT2D eigenvalue weighted by Crippen LogP contribution is -2.04. The van der Waals surface area contributed by atoms with Crippen LogP contribution in [0.5, 0.6) is 0 Å². The van der Waals surface area contributed by atoms with Crippen LogP contribution in [0.15, 0.2) is 29.2 Å². The molecule has 1 aromatic carbocycles. The van der Waals surface area contributed by atoms with Gasteiger partial charge in [0.05, 0.1) is 16.5 Å². The van der Waals surface area contributed by atoms with Crippen LogP contribution in [-0.2, 0) is 25.3 Å². The van der Waals surface area contributed by atoms with Gasteiger partial charge in [0, 0.05) is 29.2 Å². The number of rotatable bonds is 4. The Kier molecular flexibility index (Phi) is 4.24. The second-order valence-corrected chi connectivity index (χ2v) is 6.11. The van der Waals surface area contributed by atoms with Crippen molar-refractivity contribution < 1.29 is 0 Å². The predicted octanol–water partition coefficient (Wildman–Crippen LogP) is 3.59. The first-order valence-corrected chi connectivity index (χ1v) is 8.10. The quantitative estimate of drug-likeness (QED) is 0.876. The molecule has 1 N–H and O–H groups in total. The molecule has 0 spiro atoms. The standard InChI is InChI=1S/C15H16ClN3S/c1-2-12-10-7-17-8-13(10)19-15(18-12)9-20-14-6-4-3-5-11(14)16/h3-6,17H,2,7-9H2,1H3. The topological polar surface area (TPSA) is 37.8 Å². The zero-order valence-corrected chi connectivity index (χ0v) is 12.9. The van der Waals surface area contributed by atoms with Crippen LogP contribution in [0, 0.1) is 0 Å². The number of nitrogens with zero attached hydrogens (tertiary/aromatic N) is 2. The van der Waals surface area contributed by atoms with E-state index in [2.05, 4.69) is 17.2 Å². The van der Waals surface area contributed by atoms with Crippen LogP contribution in [0.3, 0.4) is 0 Å². The van der Waals surface area contributed by atoms with Gasteiger partial charge in [0.25, 0.3) is 0 Å². The molecule has 0 bridgehead atoms. The summed E-state index contributed by atoms with van der Waals surface area (Å²) in [5, 5.41) is 4.13. The summed E-state index contributed by atoms with van der Waals surface area (Å²) in [5.41, 5.74) is 3.63. The molecule has 0 unspecified atom stereocenters. The van der Waals surface area contributed by atoms with E-state index >= 15 is 0 Å². The number of nitrogens with one attached hydrogen (secondary N) is 1. The Morgan fingerprint density at radius 2 is 2.10 bits per heavy atom. The lowest BCUT2D eigenvalue weighted by molar-refractivity contribution is 0.755. The van der Waals surface area contributed by atoms with E-state index in [0.717, 1.165) is 46.7 Å². The Morgan fingerprint density at radius 1 is 1.25 bits per heavy atom. The van der Waals surface area contributed by atoms with Crippen molar-refractivity contribution >= 4 is 23.4 Å². The van der Waals surface area contributed by atoms with Gasteiger partial charge in [0.1, 0.15) is 5.82 Å². The van der Waals surface area contributed by atoms with Crippen LogP contribution in [0.2, 0.25) is 5.02 Å². The lowest BCUT2D eigenvalue weighted by Gasteiger charge is -2.08. The number of benzene rings is 1. The maximum Gasteiger partial charge on any atom is 0.139 e. The van der Waals surface area contributed by atoms with Crippen LogP contribution in [-0.4, -0.2) is 9.97 Å². The van der Waals surface area contributed by atoms with Crippen LogP contribution in [0.1, 0.15) is 29.7 Å². The number of fused-ring (bicyclic) bond motifs is 1. The van der Waals surface area contributed by atoms with Crippen molar-refractivity contribution in [2.75, 3.05) is 0 Å². The van der Waals surface area contributed by atoms with Gasteiger partial charge in [-0.25, -0.2) is 9.97 Å². The molecular weight excluding hydrogens is 290 g/mol. The molecule has 0 aliphatic carbocycles. The van der Waals surface area contributed by atoms with Crippen molar-refractivity contribution in [1.82, 2.24) is 15.3 Å². The van der Waals surface area contributed by atoms with E-state index in [1.165, 1.54) is 11.3 Å². The second-order valence-electron chi connectivity index (χ2n) is 4.69. The number of halogens is 1. The molecule has 2 aromatic rings. The number of hydrogen-bond donors (Lipinski definition) is 1. The molecule has 3 rings (SSSR count). The first-order chi connectivity index (χ1) is 9.78. The summed E-state index contributed by atoms with van der Waals surface area (Å²) in [6, 6.07) is 7.88. The molecule has 0 amide bonds. The van der Waals surface area contributed by atoms with Gasteiger partial charge < -0.3 is 5.32 Å². The molecule has 3 nitrogen and oxygen atoms in total. The smallest absolute Gasteiger partial charge is 0.139 e. The monoisotopic (exact) mass is 305 g/mol. The Bertz CT molecular complexity index is 631. The van der Waals surface area contributed by atoms with E-state index in [1.807, 2.05) is 24.3 Å². The first-order valence-electron chi connectivity index (χ1n) is 6.73. The molecule has 5 heteroatoms. The maximum absolute atomic E-state index is 6.17. The van der Waals surface area contributed by atoms with Crippen molar-refractivity contribution in [2.24, 2.45) is 0 Å². The average molecular weight is 306 g/mol. The van der Waals surface area contributed by atoms with E-state index in [4.69, 9.17) is 16.6 Å². The Morgan fingerprint density at radius 3 is 2.90 bits per heavy atom. The highest BCUT2D eigenvalue weighted by Gasteiger charge is 2.17. The van der Waals surface area contributed by atoms with E-state index in [-0.39, 0.29) is 0 Å². The van der Waals surface area contributed by atoms with Gasteiger partial charge in [0.15, 0.2) is 0 Å². The van der Waals surface area contributed by atoms with Crippen molar-refractivity contribution in [3.05, 3.63) is 52.1 Å². The molecule has 0 fully saturated rings. The Hall–Kier alpha value is -1.10. The average Bonchev–Trinajstić information content (AvgIpc) is 2.94. The van der Waals surface area contributed by atoms with Gasteiger partial charge in [0.2, 0.25) is 0 Å². The molecule has 1 aliphatic rings. The van der Waals surface area contributed by atoms with Crippen molar-refractivity contribution in [3.63, 3.8) is 0 Å². The molecule has 20 heavy (non-hydrogen) atoms. The van der Waals surface area contributed by atoms with Gasteiger partial charge in [-0.05, 0) is 18.6 Å². The normalized spacial score (nSPS) is 13.5. The lowest BCUT2D eigenvalue weighted by atomic mass is 10.1. The molecule has 1 aromatic heterocycles. The zero-order valence-electron chi connectivity index (χ0n) is 11.3. The molecule has 0 saturated carbocycles. The summed E-state index contributed by atoms with van der Waals surface area (Å²) in [6.45, 7) is 3.90. The Labute approximate surface area is 128 Å². The molecule has 0 saturated heterocycles. The van der Waals surface area contributed by atoms with Crippen molar-refractivity contribution in [2.45, 2.75) is 37.1 Å². The first kappa shape index (κ1) is 13.9. The van der Waals surface area contributed by atoms with E-state index < -0.39 is 0 Å². The SMILES string of the molecule is CCc1nc(CSc2ccccc2Cl)nc2c1CNC2. The molecular formula is C15H16ClN3S. The molecule has 0 atom stereocenters. The van der Waals surface area contributed by atoms with E-state index in [9.17, 15) is 0 Å². The fourth-order valence-electron chi connectivity index (χ4n) is 2.36. The van der Waals surface area contributed by atoms with Crippen LogP contribution < -0.4 is 5.32 Å². The Balaban J connectivity index is 1.80. The van der Waals surface area contributed by atoms with Gasteiger partial charge in [-0.2, -0.15) is 0 Å². The summed E-state index contributed by atoms with van der Waals surface area (Å²) >= 11 is 7.86. The maximum atomic E-state index is 6.17. The van der Waals surface area contributed by atoms with E-state index in [1.54, 1.807) is 11.8 Å². The summed E-state index contributed by atoms with van der Waals surface area (Å²) < 4.78 is 0. The third kappa shape index (κ3) is 2.82. The number of aryl methyl sites for hydroxylation is 1. The molecule has 1 aliphatic heterocycles. The minimum atomic E-state index is 0.754. The van der Waals surface area contributed by atoms with Crippen molar-refractivity contribution in [1.29, 1.82) is 0 Å². The van der Waals surface area contributed by atoms with Gasteiger partial charge in [-0.3, -0.25) is 0 Å². The highest BCUT2D eigenvalue weighted by Crippen LogP contribution is 2.29. The number of hydrogen-bond acceptors (Lipinski definition) is 4. The highest BCUT2D eigenvalue weighted by atomic mass is 35.5. The van der Waals surface area contributed by atoms with Gasteiger partial charge >= 0.3 is 0 Å². The fourth-order valence-corrected chi connectivity index (χ4v) is 3.45. The fraction of sp³-hybridized carbons (Fsp3) is 0.333. The third-order valence-corrected chi connectivity index (χ3v) is 4.86. The molecule has 0 radical (unpaired) electrons. The van der Waals surface area contributed by atoms with Crippen LogP contribution in [0.4, 0.5) is 0 Å². The largest absolute Gasteiger partial charge is 0.307 e. The van der Waals surface area contributed by atoms with Crippen molar-refractivity contribution in [3.8, 4) is 0 Å². The molecule has 104 valence electrons. The predicted molar refractivity (Wildman–Crippen MR) is 83.0 cm³/mol. The summed E-state index contributed by atoms with van der Waals surface area (Å²) in [4.78, 5) is 10.4. The molecule has 2 heterocycles. The van der Waals surface area contributed by atoms with Crippen LogP contribution in [0.25, 0.3) is 0 Å². The number of thioether (sulfide) groups is 1. The summed E-state index contributed by atoms with van der Waals surface area (Å²) in [7, 11) is 0. The van der Waals surface area contributed by atoms with Gasteiger partial charge in [-0.1, -0.05) is 30.7 Å². The highest BCUT2D eigenvalue weighted by molar-refractivity contribution is 7.98. The number of aromatic nitrogens is 2. The zero-order chi connectivity index (χ0) is 13.9. The summed E-state index contributed by atoms with van der Waals surface area (Å²) in [5.74, 6) is 1.65. The minimum absolute atomic E-state index is 0.754. The minimum Gasteiger partial charge on any atom is -0.307 e.